The van der Waals surface area contributed by atoms with E-state index in [-0.39, 0.29) is 5.82 Å². The largest absolute Gasteiger partial charge is 0.390 e. The van der Waals surface area contributed by atoms with Gasteiger partial charge in [-0.3, -0.25) is 0 Å². The summed E-state index contributed by atoms with van der Waals surface area (Å²) in [7, 11) is 0. The van der Waals surface area contributed by atoms with E-state index in [2.05, 4.69) is 0 Å². The summed E-state index contributed by atoms with van der Waals surface area (Å²) in [6, 6.07) is 6.73. The first kappa shape index (κ1) is 11.6. The van der Waals surface area contributed by atoms with E-state index in [1.54, 1.807) is 12.1 Å². The van der Waals surface area contributed by atoms with Crippen molar-refractivity contribution in [1.29, 1.82) is 0 Å². The number of halogens is 1. The van der Waals surface area contributed by atoms with E-state index >= 15 is 0 Å². The summed E-state index contributed by atoms with van der Waals surface area (Å²) in [4.78, 5) is 0. The summed E-state index contributed by atoms with van der Waals surface area (Å²) in [6.45, 7) is 1.84. The van der Waals surface area contributed by atoms with Crippen LogP contribution in [0.2, 0.25) is 0 Å². The van der Waals surface area contributed by atoms with Crippen LogP contribution in [-0.4, -0.2) is 10.7 Å². The summed E-state index contributed by atoms with van der Waals surface area (Å²) in [5.74, 6) is 0.118. The third-order valence-electron chi connectivity index (χ3n) is 3.74. The summed E-state index contributed by atoms with van der Waals surface area (Å²) in [5, 5.41) is 10.4. The van der Waals surface area contributed by atoms with E-state index in [0.717, 1.165) is 12.8 Å². The van der Waals surface area contributed by atoms with Crippen molar-refractivity contribution in [2.45, 2.75) is 44.6 Å². The van der Waals surface area contributed by atoms with Crippen LogP contribution in [0.15, 0.2) is 24.3 Å². The maximum Gasteiger partial charge on any atom is 0.126 e. The minimum Gasteiger partial charge on any atom is -0.390 e. The Kier molecular flexibility index (Phi) is 3.29. The molecule has 1 aromatic carbocycles. The first-order valence-corrected chi connectivity index (χ1v) is 6.05. The molecule has 0 heterocycles. The van der Waals surface area contributed by atoms with Gasteiger partial charge >= 0.3 is 0 Å². The number of benzene rings is 1. The molecule has 1 nitrogen and oxygen atoms in total. The van der Waals surface area contributed by atoms with E-state index in [4.69, 9.17) is 0 Å². The second-order valence-electron chi connectivity index (χ2n) is 5.11. The van der Waals surface area contributed by atoms with Gasteiger partial charge in [-0.15, -0.1) is 0 Å². The molecule has 1 N–H and O–H groups in total. The van der Waals surface area contributed by atoms with Gasteiger partial charge in [0.2, 0.25) is 0 Å². The maximum absolute atomic E-state index is 13.5. The average Bonchev–Trinajstić information content (AvgIpc) is 2.75. The Balaban J connectivity index is 2.10. The van der Waals surface area contributed by atoms with E-state index in [9.17, 15) is 9.50 Å². The van der Waals surface area contributed by atoms with Crippen molar-refractivity contribution in [2.24, 2.45) is 5.92 Å². The van der Waals surface area contributed by atoms with Gasteiger partial charge in [-0.25, -0.2) is 4.39 Å². The first-order valence-electron chi connectivity index (χ1n) is 6.05. The fraction of sp³-hybridized carbons (Fsp3) is 0.571. The zero-order valence-corrected chi connectivity index (χ0v) is 9.75. The van der Waals surface area contributed by atoms with Crippen molar-refractivity contribution < 1.29 is 9.50 Å². The van der Waals surface area contributed by atoms with Crippen LogP contribution in [0.1, 0.15) is 38.2 Å². The lowest BCUT2D eigenvalue weighted by Crippen LogP contribution is -2.35. The van der Waals surface area contributed by atoms with Crippen molar-refractivity contribution in [1.82, 2.24) is 0 Å². The highest BCUT2D eigenvalue weighted by molar-refractivity contribution is 5.19. The molecule has 88 valence electrons. The quantitative estimate of drug-likeness (QED) is 0.832. The topological polar surface area (TPSA) is 20.2 Å². The van der Waals surface area contributed by atoms with Gasteiger partial charge in [0.05, 0.1) is 5.60 Å². The smallest absolute Gasteiger partial charge is 0.126 e. The first-order chi connectivity index (χ1) is 7.59. The van der Waals surface area contributed by atoms with Crippen LogP contribution in [0.3, 0.4) is 0 Å². The van der Waals surface area contributed by atoms with Gasteiger partial charge in [0.1, 0.15) is 5.82 Å². The molecule has 1 unspecified atom stereocenters. The van der Waals surface area contributed by atoms with E-state index in [1.807, 2.05) is 13.0 Å². The molecule has 0 bridgehead atoms. The van der Waals surface area contributed by atoms with Crippen LogP contribution in [0.4, 0.5) is 4.39 Å². The number of aliphatic hydroxyl groups is 1. The normalized spacial score (nSPS) is 20.9. The number of hydrogen-bond acceptors (Lipinski definition) is 1. The van der Waals surface area contributed by atoms with Crippen molar-refractivity contribution >= 4 is 0 Å². The Morgan fingerprint density at radius 2 is 1.94 bits per heavy atom. The van der Waals surface area contributed by atoms with Crippen molar-refractivity contribution in [3.63, 3.8) is 0 Å². The SMILES string of the molecule is CC(O)(Cc1ccccc1F)C1CCCC1. The molecule has 1 aliphatic carbocycles. The molecule has 0 aromatic heterocycles. The molecule has 1 aliphatic rings. The lowest BCUT2D eigenvalue weighted by atomic mass is 9.82. The van der Waals surface area contributed by atoms with Crippen LogP contribution in [0.25, 0.3) is 0 Å². The van der Waals surface area contributed by atoms with Crippen LogP contribution in [-0.2, 0) is 6.42 Å². The highest BCUT2D eigenvalue weighted by atomic mass is 19.1. The molecule has 16 heavy (non-hydrogen) atoms. The predicted octanol–water partition coefficient (Wildman–Crippen LogP) is 3.31. The van der Waals surface area contributed by atoms with Gasteiger partial charge in [0.15, 0.2) is 0 Å². The Morgan fingerprint density at radius 3 is 2.56 bits per heavy atom. The van der Waals surface area contributed by atoms with Gasteiger partial charge in [-0.05, 0) is 37.3 Å². The molecule has 0 amide bonds. The molecule has 1 fully saturated rings. The van der Waals surface area contributed by atoms with Gasteiger partial charge in [0.25, 0.3) is 0 Å². The van der Waals surface area contributed by atoms with Crippen LogP contribution >= 0.6 is 0 Å². The van der Waals surface area contributed by atoms with Gasteiger partial charge in [-0.1, -0.05) is 31.0 Å². The Bertz CT molecular complexity index is 354. The Hall–Kier alpha value is -0.890. The third-order valence-corrected chi connectivity index (χ3v) is 3.74. The molecule has 1 aromatic rings. The highest BCUT2D eigenvalue weighted by Crippen LogP contribution is 2.36. The molecule has 0 spiro atoms. The molecule has 1 atom stereocenters. The minimum atomic E-state index is -0.765. The van der Waals surface area contributed by atoms with Crippen molar-refractivity contribution in [2.75, 3.05) is 0 Å². The molecule has 0 saturated heterocycles. The van der Waals surface area contributed by atoms with Crippen LogP contribution in [0.5, 0.6) is 0 Å². The second kappa shape index (κ2) is 4.54. The predicted molar refractivity (Wildman–Crippen MR) is 62.7 cm³/mol. The summed E-state index contributed by atoms with van der Waals surface area (Å²) < 4.78 is 13.5. The lowest BCUT2D eigenvalue weighted by Gasteiger charge is -2.30. The standard InChI is InChI=1S/C14H19FO/c1-14(16,12-7-3-4-8-12)10-11-6-2-5-9-13(11)15/h2,5-6,9,12,16H,3-4,7-8,10H2,1H3. The van der Waals surface area contributed by atoms with Crippen molar-refractivity contribution in [3.05, 3.63) is 35.6 Å². The summed E-state index contributed by atoms with van der Waals surface area (Å²) in [5.41, 5.74) is -0.141. The fourth-order valence-corrected chi connectivity index (χ4v) is 2.72. The van der Waals surface area contributed by atoms with Crippen LogP contribution in [0, 0.1) is 11.7 Å². The number of rotatable bonds is 3. The second-order valence-corrected chi connectivity index (χ2v) is 5.11. The molecular formula is C14H19FO. The third kappa shape index (κ3) is 2.43. The molecular weight excluding hydrogens is 203 g/mol. The highest BCUT2D eigenvalue weighted by Gasteiger charge is 2.34. The van der Waals surface area contributed by atoms with E-state index in [1.165, 1.54) is 18.9 Å². The summed E-state index contributed by atoms with van der Waals surface area (Å²) in [6.07, 6.45) is 4.95. The summed E-state index contributed by atoms with van der Waals surface area (Å²) >= 11 is 0. The Labute approximate surface area is 96.3 Å². The zero-order chi connectivity index (χ0) is 11.6. The fourth-order valence-electron chi connectivity index (χ4n) is 2.72. The van der Waals surface area contributed by atoms with Gasteiger partial charge in [0, 0.05) is 6.42 Å². The molecule has 1 saturated carbocycles. The Morgan fingerprint density at radius 1 is 1.31 bits per heavy atom. The van der Waals surface area contributed by atoms with E-state index in [0.29, 0.717) is 17.9 Å². The van der Waals surface area contributed by atoms with Gasteiger partial charge < -0.3 is 5.11 Å². The number of hydrogen-bond donors (Lipinski definition) is 1. The zero-order valence-electron chi connectivity index (χ0n) is 9.75. The minimum absolute atomic E-state index is 0.208. The molecule has 0 radical (unpaired) electrons. The lowest BCUT2D eigenvalue weighted by molar-refractivity contribution is 0.00124. The molecule has 0 aliphatic heterocycles. The monoisotopic (exact) mass is 222 g/mol. The van der Waals surface area contributed by atoms with Gasteiger partial charge in [-0.2, -0.15) is 0 Å². The van der Waals surface area contributed by atoms with E-state index < -0.39 is 5.60 Å². The molecule has 2 heteroatoms. The molecule has 2 rings (SSSR count). The maximum atomic E-state index is 13.5. The van der Waals surface area contributed by atoms with Crippen LogP contribution < -0.4 is 0 Å². The van der Waals surface area contributed by atoms with Crippen molar-refractivity contribution in [3.8, 4) is 0 Å². The average molecular weight is 222 g/mol.